The molecule has 1 aromatic heterocycles. The number of esters is 1. The fourth-order valence-electron chi connectivity index (χ4n) is 3.73. The lowest BCUT2D eigenvalue weighted by Crippen LogP contribution is -2.12. The van der Waals surface area contributed by atoms with Crippen LogP contribution in [0.1, 0.15) is 52.4 Å². The SMILES string of the molecule is COc1c(C)c2c(c(OC)c1CC=C(C)CCC(=O)Nc1cc(C)ccn1)C(=O)OC2. The highest BCUT2D eigenvalue weighted by Gasteiger charge is 2.32. The van der Waals surface area contributed by atoms with Crippen molar-refractivity contribution in [2.75, 3.05) is 19.5 Å². The molecule has 0 radical (unpaired) electrons. The van der Waals surface area contributed by atoms with Crippen molar-refractivity contribution >= 4 is 17.7 Å². The van der Waals surface area contributed by atoms with Crippen molar-refractivity contribution < 1.29 is 23.8 Å². The largest absolute Gasteiger partial charge is 0.496 e. The predicted molar refractivity (Wildman–Crippen MR) is 118 cm³/mol. The molecule has 0 bridgehead atoms. The first-order valence-electron chi connectivity index (χ1n) is 10.2. The summed E-state index contributed by atoms with van der Waals surface area (Å²) in [5.74, 6) is 1.29. The number of nitrogens with one attached hydrogen (secondary N) is 1. The van der Waals surface area contributed by atoms with E-state index < -0.39 is 0 Å². The Morgan fingerprint density at radius 1 is 1.23 bits per heavy atom. The summed E-state index contributed by atoms with van der Waals surface area (Å²) in [6, 6.07) is 3.71. The minimum atomic E-state index is -0.374. The Bertz CT molecular complexity index is 1040. The summed E-state index contributed by atoms with van der Waals surface area (Å²) in [6.45, 7) is 6.08. The number of benzene rings is 1. The lowest BCUT2D eigenvalue weighted by molar-refractivity contribution is -0.116. The van der Waals surface area contributed by atoms with Gasteiger partial charge in [0.25, 0.3) is 0 Å². The Morgan fingerprint density at radius 3 is 2.65 bits per heavy atom. The Balaban J connectivity index is 1.72. The number of fused-ring (bicyclic) bond motifs is 1. The predicted octanol–water partition coefficient (Wildman–Crippen LogP) is 4.29. The van der Waals surface area contributed by atoms with E-state index in [0.29, 0.717) is 42.1 Å². The molecule has 7 nitrogen and oxygen atoms in total. The van der Waals surface area contributed by atoms with Crippen LogP contribution in [0, 0.1) is 13.8 Å². The van der Waals surface area contributed by atoms with Crippen molar-refractivity contribution in [1.82, 2.24) is 4.98 Å². The number of hydrogen-bond donors (Lipinski definition) is 1. The number of anilines is 1. The molecule has 1 N–H and O–H groups in total. The molecule has 0 fully saturated rings. The second-order valence-electron chi connectivity index (χ2n) is 7.62. The molecule has 0 saturated heterocycles. The maximum Gasteiger partial charge on any atom is 0.342 e. The topological polar surface area (TPSA) is 86.8 Å². The van der Waals surface area contributed by atoms with Crippen LogP contribution in [-0.4, -0.2) is 31.1 Å². The first-order valence-corrected chi connectivity index (χ1v) is 10.2. The van der Waals surface area contributed by atoms with E-state index in [9.17, 15) is 9.59 Å². The highest BCUT2D eigenvalue weighted by atomic mass is 16.5. The summed E-state index contributed by atoms with van der Waals surface area (Å²) in [7, 11) is 3.15. The van der Waals surface area contributed by atoms with Gasteiger partial charge in [0.2, 0.25) is 5.91 Å². The number of rotatable bonds is 8. The van der Waals surface area contributed by atoms with Gasteiger partial charge in [-0.2, -0.15) is 0 Å². The van der Waals surface area contributed by atoms with Gasteiger partial charge in [-0.1, -0.05) is 11.6 Å². The van der Waals surface area contributed by atoms with Crippen molar-refractivity contribution in [3.8, 4) is 11.5 Å². The fourth-order valence-corrected chi connectivity index (χ4v) is 3.73. The number of allylic oxidation sites excluding steroid dienone is 2. The van der Waals surface area contributed by atoms with E-state index in [1.54, 1.807) is 20.4 Å². The van der Waals surface area contributed by atoms with E-state index in [1.165, 1.54) is 0 Å². The van der Waals surface area contributed by atoms with E-state index in [0.717, 1.165) is 27.8 Å². The number of amides is 1. The van der Waals surface area contributed by atoms with Crippen molar-refractivity contribution in [3.63, 3.8) is 0 Å². The number of hydrogen-bond acceptors (Lipinski definition) is 6. The number of aryl methyl sites for hydroxylation is 1. The summed E-state index contributed by atoms with van der Waals surface area (Å²) in [5, 5.41) is 2.82. The van der Waals surface area contributed by atoms with Crippen LogP contribution in [0.4, 0.5) is 5.82 Å². The van der Waals surface area contributed by atoms with E-state index in [-0.39, 0.29) is 18.5 Å². The van der Waals surface area contributed by atoms with Crippen molar-refractivity contribution in [1.29, 1.82) is 0 Å². The van der Waals surface area contributed by atoms with Gasteiger partial charge in [0.05, 0.1) is 14.2 Å². The quantitative estimate of drug-likeness (QED) is 0.502. The smallest absolute Gasteiger partial charge is 0.342 e. The minimum absolute atomic E-state index is 0.0860. The van der Waals surface area contributed by atoms with Gasteiger partial charge >= 0.3 is 5.97 Å². The summed E-state index contributed by atoms with van der Waals surface area (Å²) in [4.78, 5) is 28.6. The number of cyclic esters (lactones) is 1. The van der Waals surface area contributed by atoms with Gasteiger partial charge in [0.1, 0.15) is 29.5 Å². The van der Waals surface area contributed by atoms with E-state index >= 15 is 0 Å². The molecule has 164 valence electrons. The van der Waals surface area contributed by atoms with Crippen LogP contribution >= 0.6 is 0 Å². The third-order valence-electron chi connectivity index (χ3n) is 5.41. The average molecular weight is 424 g/mol. The highest BCUT2D eigenvalue weighted by molar-refractivity contribution is 5.98. The number of aromatic nitrogens is 1. The van der Waals surface area contributed by atoms with Crippen LogP contribution < -0.4 is 14.8 Å². The van der Waals surface area contributed by atoms with Crippen LogP contribution in [0.15, 0.2) is 30.0 Å². The Morgan fingerprint density at radius 2 is 1.97 bits per heavy atom. The number of carbonyl (C=O) groups is 2. The van der Waals surface area contributed by atoms with Crippen LogP contribution in [0.25, 0.3) is 0 Å². The molecule has 0 spiro atoms. The van der Waals surface area contributed by atoms with Gasteiger partial charge < -0.3 is 19.5 Å². The normalized spacial score (nSPS) is 12.9. The molecule has 0 atom stereocenters. The molecule has 2 aromatic rings. The van der Waals surface area contributed by atoms with E-state index in [1.807, 2.05) is 39.0 Å². The van der Waals surface area contributed by atoms with Crippen LogP contribution in [-0.2, 0) is 22.6 Å². The molecule has 7 heteroatoms. The Hall–Kier alpha value is -3.35. The van der Waals surface area contributed by atoms with Crippen molar-refractivity contribution in [2.45, 2.75) is 46.6 Å². The van der Waals surface area contributed by atoms with E-state index in [4.69, 9.17) is 14.2 Å². The number of ether oxygens (including phenoxy) is 3. The Labute approximate surface area is 182 Å². The second-order valence-corrected chi connectivity index (χ2v) is 7.62. The number of carbonyl (C=O) groups excluding carboxylic acids is 2. The van der Waals surface area contributed by atoms with Crippen molar-refractivity contribution in [3.05, 3.63) is 57.8 Å². The fraction of sp³-hybridized carbons (Fsp3) is 0.375. The molecular formula is C24H28N2O5. The number of nitrogens with zero attached hydrogens (tertiary/aromatic N) is 1. The maximum absolute atomic E-state index is 12.2. The molecule has 0 saturated carbocycles. The molecule has 2 heterocycles. The first kappa shape index (κ1) is 22.3. The maximum atomic E-state index is 12.2. The summed E-state index contributed by atoms with van der Waals surface area (Å²) in [5.41, 5.74) is 5.06. The monoisotopic (exact) mass is 424 g/mol. The average Bonchev–Trinajstić information content (AvgIpc) is 3.13. The standard InChI is InChI=1S/C24H28N2O5/c1-14(7-9-20(27)26-19-12-15(2)10-11-25-19)6-8-17-22(29-4)16(3)18-13-31-24(28)21(18)23(17)30-5/h6,10-12H,7-9,13H2,1-5H3,(H,25,26,27). The molecule has 1 aliphatic rings. The lowest BCUT2D eigenvalue weighted by atomic mass is 9.94. The molecule has 1 aliphatic heterocycles. The number of pyridine rings is 1. The van der Waals surface area contributed by atoms with Gasteiger partial charge in [0.15, 0.2) is 0 Å². The first-order chi connectivity index (χ1) is 14.8. The zero-order valence-electron chi connectivity index (χ0n) is 18.6. The third-order valence-corrected chi connectivity index (χ3v) is 5.41. The molecule has 0 unspecified atom stereocenters. The lowest BCUT2D eigenvalue weighted by Gasteiger charge is -2.18. The van der Waals surface area contributed by atoms with Gasteiger partial charge in [-0.3, -0.25) is 4.79 Å². The van der Waals surface area contributed by atoms with Crippen LogP contribution in [0.3, 0.4) is 0 Å². The molecule has 1 amide bonds. The van der Waals surface area contributed by atoms with Gasteiger partial charge in [-0.15, -0.1) is 0 Å². The second kappa shape index (κ2) is 9.64. The van der Waals surface area contributed by atoms with Gasteiger partial charge in [-0.05, 0) is 56.9 Å². The summed E-state index contributed by atoms with van der Waals surface area (Å²) >= 11 is 0. The summed E-state index contributed by atoms with van der Waals surface area (Å²) < 4.78 is 16.4. The van der Waals surface area contributed by atoms with Crippen LogP contribution in [0.5, 0.6) is 11.5 Å². The molecule has 3 rings (SSSR count). The number of methoxy groups -OCH3 is 2. The molecular weight excluding hydrogens is 396 g/mol. The zero-order chi connectivity index (χ0) is 22.5. The summed E-state index contributed by atoms with van der Waals surface area (Å²) in [6.07, 6.45) is 5.17. The molecule has 31 heavy (non-hydrogen) atoms. The molecule has 1 aromatic carbocycles. The van der Waals surface area contributed by atoms with Crippen molar-refractivity contribution in [2.24, 2.45) is 0 Å². The highest BCUT2D eigenvalue weighted by Crippen LogP contribution is 2.42. The minimum Gasteiger partial charge on any atom is -0.496 e. The molecule has 0 aliphatic carbocycles. The van der Waals surface area contributed by atoms with Gasteiger partial charge in [0, 0.05) is 23.7 Å². The zero-order valence-corrected chi connectivity index (χ0v) is 18.6. The van der Waals surface area contributed by atoms with E-state index in [2.05, 4.69) is 10.3 Å². The van der Waals surface area contributed by atoms with Gasteiger partial charge in [-0.25, -0.2) is 9.78 Å². The Kier molecular flexibility index (Phi) is 6.95. The third kappa shape index (κ3) is 4.87. The van der Waals surface area contributed by atoms with Crippen LogP contribution in [0.2, 0.25) is 0 Å².